The molecule has 0 amide bonds. The van der Waals surface area contributed by atoms with Crippen molar-refractivity contribution >= 4 is 11.5 Å². The number of nitro benzene ring substituents is 1. The zero-order chi connectivity index (χ0) is 13.3. The number of nitro groups is 1. The number of benzene rings is 1. The third-order valence-electron chi connectivity index (χ3n) is 3.54. The molecule has 0 unspecified atom stereocenters. The van der Waals surface area contributed by atoms with Gasteiger partial charge in [0.25, 0.3) is 5.69 Å². The van der Waals surface area contributed by atoms with Gasteiger partial charge in [-0.1, -0.05) is 0 Å². The number of ketones is 1. The number of ether oxygens (including phenoxy) is 1. The average Bonchev–Trinajstić information content (AvgIpc) is 3.09. The van der Waals surface area contributed by atoms with E-state index in [9.17, 15) is 14.9 Å². The molecular formula is C13H15NO4. The minimum Gasteiger partial charge on any atom is -0.496 e. The lowest BCUT2D eigenvalue weighted by molar-refractivity contribution is -0.385. The monoisotopic (exact) mass is 249 g/mol. The van der Waals surface area contributed by atoms with Crippen molar-refractivity contribution in [2.24, 2.45) is 5.41 Å². The van der Waals surface area contributed by atoms with E-state index < -0.39 is 4.92 Å². The first-order chi connectivity index (χ1) is 8.47. The van der Waals surface area contributed by atoms with Gasteiger partial charge in [0.05, 0.1) is 18.1 Å². The molecule has 0 aliphatic heterocycles. The zero-order valence-corrected chi connectivity index (χ0v) is 10.4. The molecule has 1 aromatic carbocycles. The molecule has 1 aromatic rings. The number of nitrogens with zero attached hydrogens (tertiary/aromatic N) is 1. The normalized spacial score (nSPS) is 16.1. The lowest BCUT2D eigenvalue weighted by Crippen LogP contribution is -2.15. The van der Waals surface area contributed by atoms with Crippen LogP contribution in [0.2, 0.25) is 0 Å². The van der Waals surface area contributed by atoms with Gasteiger partial charge in [0.1, 0.15) is 11.5 Å². The van der Waals surface area contributed by atoms with E-state index in [1.165, 1.54) is 19.2 Å². The standard InChI is InChI=1S/C13H15NO4/c1-9(15)13(3-4-13)8-10-5-11(14(16)17)7-12(6-10)18-2/h5-7H,3-4,8H2,1-2H3. The highest BCUT2D eigenvalue weighted by Crippen LogP contribution is 2.49. The molecule has 0 aromatic heterocycles. The first-order valence-corrected chi connectivity index (χ1v) is 5.80. The maximum absolute atomic E-state index is 11.5. The predicted molar refractivity (Wildman–Crippen MR) is 65.7 cm³/mol. The fourth-order valence-corrected chi connectivity index (χ4v) is 2.16. The lowest BCUT2D eigenvalue weighted by Gasteiger charge is -2.12. The van der Waals surface area contributed by atoms with Crippen LogP contribution in [-0.4, -0.2) is 17.8 Å². The Labute approximate surface area is 105 Å². The second-order valence-electron chi connectivity index (χ2n) is 4.81. The molecule has 96 valence electrons. The quantitative estimate of drug-likeness (QED) is 0.594. The van der Waals surface area contributed by atoms with E-state index in [0.29, 0.717) is 12.2 Å². The molecule has 0 radical (unpaired) electrons. The molecule has 1 saturated carbocycles. The zero-order valence-electron chi connectivity index (χ0n) is 10.4. The van der Waals surface area contributed by atoms with Crippen molar-refractivity contribution in [3.63, 3.8) is 0 Å². The van der Waals surface area contributed by atoms with E-state index in [1.807, 2.05) is 0 Å². The molecule has 5 nitrogen and oxygen atoms in total. The molecule has 2 rings (SSSR count). The summed E-state index contributed by atoms with van der Waals surface area (Å²) in [6.07, 6.45) is 2.29. The molecule has 0 atom stereocenters. The van der Waals surface area contributed by atoms with Gasteiger partial charge in [0, 0.05) is 11.5 Å². The average molecular weight is 249 g/mol. The van der Waals surface area contributed by atoms with Crippen LogP contribution in [0.1, 0.15) is 25.3 Å². The molecule has 1 aliphatic rings. The summed E-state index contributed by atoms with van der Waals surface area (Å²) in [6.45, 7) is 1.58. The van der Waals surface area contributed by atoms with Crippen LogP contribution >= 0.6 is 0 Å². The van der Waals surface area contributed by atoms with Crippen LogP contribution in [0, 0.1) is 15.5 Å². The number of methoxy groups -OCH3 is 1. The minimum atomic E-state index is -0.445. The van der Waals surface area contributed by atoms with Gasteiger partial charge in [-0.05, 0) is 37.8 Å². The highest BCUT2D eigenvalue weighted by molar-refractivity contribution is 5.85. The Kier molecular flexibility index (Phi) is 3.07. The van der Waals surface area contributed by atoms with Crippen molar-refractivity contribution in [2.75, 3.05) is 7.11 Å². The van der Waals surface area contributed by atoms with Gasteiger partial charge < -0.3 is 4.74 Å². The van der Waals surface area contributed by atoms with E-state index in [4.69, 9.17) is 4.74 Å². The van der Waals surface area contributed by atoms with E-state index in [0.717, 1.165) is 18.4 Å². The fraction of sp³-hybridized carbons (Fsp3) is 0.462. The Morgan fingerprint density at radius 2 is 2.11 bits per heavy atom. The Hall–Kier alpha value is -1.91. The molecule has 0 bridgehead atoms. The molecule has 1 aliphatic carbocycles. The summed E-state index contributed by atoms with van der Waals surface area (Å²) in [4.78, 5) is 21.9. The fourth-order valence-electron chi connectivity index (χ4n) is 2.16. The van der Waals surface area contributed by atoms with Gasteiger partial charge in [-0.25, -0.2) is 0 Å². The third kappa shape index (κ3) is 2.34. The molecule has 0 heterocycles. The summed E-state index contributed by atoms with van der Waals surface area (Å²) in [6, 6.07) is 4.67. The van der Waals surface area contributed by atoms with Crippen LogP contribution in [0.25, 0.3) is 0 Å². The van der Waals surface area contributed by atoms with E-state index in [1.54, 1.807) is 13.0 Å². The van der Waals surface area contributed by atoms with Gasteiger partial charge >= 0.3 is 0 Å². The Morgan fingerprint density at radius 3 is 2.56 bits per heavy atom. The van der Waals surface area contributed by atoms with Crippen LogP contribution in [0.15, 0.2) is 18.2 Å². The van der Waals surface area contributed by atoms with Gasteiger partial charge in [0.15, 0.2) is 0 Å². The van der Waals surface area contributed by atoms with Gasteiger partial charge in [0.2, 0.25) is 0 Å². The third-order valence-corrected chi connectivity index (χ3v) is 3.54. The molecule has 0 spiro atoms. The largest absolute Gasteiger partial charge is 0.496 e. The van der Waals surface area contributed by atoms with E-state index in [-0.39, 0.29) is 16.9 Å². The number of hydrogen-bond donors (Lipinski definition) is 0. The van der Waals surface area contributed by atoms with Gasteiger partial charge in [-0.3, -0.25) is 14.9 Å². The second-order valence-corrected chi connectivity index (χ2v) is 4.81. The first kappa shape index (κ1) is 12.5. The highest BCUT2D eigenvalue weighted by Gasteiger charge is 2.47. The summed E-state index contributed by atoms with van der Waals surface area (Å²) >= 11 is 0. The summed E-state index contributed by atoms with van der Waals surface area (Å²) < 4.78 is 5.05. The van der Waals surface area contributed by atoms with Crippen molar-refractivity contribution < 1.29 is 14.5 Å². The van der Waals surface area contributed by atoms with Crippen molar-refractivity contribution in [2.45, 2.75) is 26.2 Å². The van der Waals surface area contributed by atoms with Crippen LogP contribution < -0.4 is 4.74 Å². The molecule has 18 heavy (non-hydrogen) atoms. The maximum atomic E-state index is 11.5. The lowest BCUT2D eigenvalue weighted by atomic mass is 9.92. The Morgan fingerprint density at radius 1 is 1.44 bits per heavy atom. The van der Waals surface area contributed by atoms with Crippen molar-refractivity contribution in [3.05, 3.63) is 33.9 Å². The topological polar surface area (TPSA) is 69.4 Å². The van der Waals surface area contributed by atoms with Crippen LogP contribution in [0.5, 0.6) is 5.75 Å². The van der Waals surface area contributed by atoms with Crippen LogP contribution in [0.3, 0.4) is 0 Å². The number of carbonyl (C=O) groups is 1. The maximum Gasteiger partial charge on any atom is 0.273 e. The highest BCUT2D eigenvalue weighted by atomic mass is 16.6. The summed E-state index contributed by atoms with van der Waals surface area (Å²) in [5, 5.41) is 10.8. The smallest absolute Gasteiger partial charge is 0.273 e. The Bertz CT molecular complexity index is 506. The molecule has 1 fully saturated rings. The Balaban J connectivity index is 2.30. The van der Waals surface area contributed by atoms with Gasteiger partial charge in [-0.2, -0.15) is 0 Å². The van der Waals surface area contributed by atoms with Crippen molar-refractivity contribution in [1.29, 1.82) is 0 Å². The number of carbonyl (C=O) groups excluding carboxylic acids is 1. The molecule has 0 saturated heterocycles. The van der Waals surface area contributed by atoms with Crippen LogP contribution in [0.4, 0.5) is 5.69 Å². The summed E-state index contributed by atoms with van der Waals surface area (Å²) in [5.74, 6) is 0.617. The SMILES string of the molecule is COc1cc(CC2(C(C)=O)CC2)cc([N+](=O)[O-])c1. The van der Waals surface area contributed by atoms with Gasteiger partial charge in [-0.15, -0.1) is 0 Å². The van der Waals surface area contributed by atoms with Crippen molar-refractivity contribution in [3.8, 4) is 5.75 Å². The van der Waals surface area contributed by atoms with Crippen LogP contribution in [-0.2, 0) is 11.2 Å². The van der Waals surface area contributed by atoms with Crippen molar-refractivity contribution in [1.82, 2.24) is 0 Å². The molecule has 0 N–H and O–H groups in total. The number of rotatable bonds is 5. The summed E-state index contributed by atoms with van der Waals surface area (Å²) in [7, 11) is 1.47. The summed E-state index contributed by atoms with van der Waals surface area (Å²) in [5.41, 5.74) is 0.498. The minimum absolute atomic E-state index is 0.00343. The van der Waals surface area contributed by atoms with E-state index in [2.05, 4.69) is 0 Å². The molecule has 5 heteroatoms. The predicted octanol–water partition coefficient (Wildman–Crippen LogP) is 2.52. The molecular weight excluding hydrogens is 234 g/mol. The number of non-ortho nitro benzene ring substituents is 1. The van der Waals surface area contributed by atoms with E-state index >= 15 is 0 Å². The number of Topliss-reactive ketones (excluding diaryl/α,β-unsaturated/α-hetero) is 1. The second kappa shape index (κ2) is 4.40. The number of hydrogen-bond acceptors (Lipinski definition) is 4. The first-order valence-electron chi connectivity index (χ1n) is 5.80.